The van der Waals surface area contributed by atoms with Gasteiger partial charge in [0, 0.05) is 6.04 Å². The number of rotatable bonds is 1. The van der Waals surface area contributed by atoms with Crippen molar-refractivity contribution in [2.45, 2.75) is 12.5 Å². The zero-order chi connectivity index (χ0) is 6.85. The minimum absolute atomic E-state index is 0. The molecule has 2 unspecified atom stereocenters. The number of hydrogen-bond donors (Lipinski definition) is 1. The second-order valence-corrected chi connectivity index (χ2v) is 2.88. The average Bonchev–Trinajstić information content (AvgIpc) is 2.10. The summed E-state index contributed by atoms with van der Waals surface area (Å²) in [5.74, 6) is 0.521. The van der Waals surface area contributed by atoms with Crippen molar-refractivity contribution in [2.75, 3.05) is 20.2 Å². The van der Waals surface area contributed by atoms with E-state index in [1.165, 1.54) is 0 Å². The van der Waals surface area contributed by atoms with Gasteiger partial charge in [0.2, 0.25) is 0 Å². The largest absolute Gasteiger partial charge is 1.00 e. The molecule has 2 atom stereocenters. The second kappa shape index (κ2) is 4.73. The van der Waals surface area contributed by atoms with Crippen LogP contribution in [0, 0.1) is 12.8 Å². The molecule has 1 heterocycles. The minimum Gasteiger partial charge on any atom is -0.395 e. The molecule has 0 spiro atoms. The summed E-state index contributed by atoms with van der Waals surface area (Å²) in [5.41, 5.74) is 0. The SMILES string of the molecule is [CH2-]C1CC(CO)N(C)C1.[Na+]. The number of hydrogen-bond acceptors (Lipinski definition) is 2. The molecule has 1 N–H and O–H groups in total. The smallest absolute Gasteiger partial charge is 0.395 e. The van der Waals surface area contributed by atoms with Crippen molar-refractivity contribution in [3.05, 3.63) is 6.92 Å². The van der Waals surface area contributed by atoms with Gasteiger partial charge in [0.15, 0.2) is 0 Å². The third-order valence-electron chi connectivity index (χ3n) is 1.99. The van der Waals surface area contributed by atoms with Crippen LogP contribution in [0.2, 0.25) is 0 Å². The molecule has 0 bridgehead atoms. The summed E-state index contributed by atoms with van der Waals surface area (Å²) in [6, 6.07) is 0.368. The van der Waals surface area contributed by atoms with Gasteiger partial charge >= 0.3 is 29.6 Å². The molecule has 0 amide bonds. The molecule has 54 valence electrons. The van der Waals surface area contributed by atoms with Crippen molar-refractivity contribution in [3.8, 4) is 0 Å². The first kappa shape index (κ1) is 10.9. The molecular weight excluding hydrogens is 137 g/mol. The zero-order valence-corrected chi connectivity index (χ0v) is 8.88. The predicted molar refractivity (Wildman–Crippen MR) is 37.0 cm³/mol. The van der Waals surface area contributed by atoms with Crippen LogP contribution in [0.1, 0.15) is 6.42 Å². The van der Waals surface area contributed by atoms with Crippen molar-refractivity contribution in [1.82, 2.24) is 4.90 Å². The van der Waals surface area contributed by atoms with Crippen molar-refractivity contribution >= 4 is 0 Å². The Kier molecular flexibility index (Phi) is 5.16. The van der Waals surface area contributed by atoms with Gasteiger partial charge < -0.3 is 16.9 Å². The summed E-state index contributed by atoms with van der Waals surface area (Å²) in [6.07, 6.45) is 1.05. The molecule has 1 rings (SSSR count). The van der Waals surface area contributed by atoms with E-state index in [-0.39, 0.29) is 36.2 Å². The number of likely N-dealkylation sites (tertiary alicyclic amines) is 1. The minimum atomic E-state index is 0. The molecule has 0 aromatic carbocycles. The van der Waals surface area contributed by atoms with Crippen LogP contribution in [-0.2, 0) is 0 Å². The number of nitrogens with zero attached hydrogens (tertiary/aromatic N) is 1. The average molecular weight is 151 g/mol. The van der Waals surface area contributed by atoms with Crippen molar-refractivity contribution < 1.29 is 34.7 Å². The normalized spacial score (nSPS) is 33.9. The van der Waals surface area contributed by atoms with Gasteiger partial charge in [-0.1, -0.05) is 6.42 Å². The fourth-order valence-electron chi connectivity index (χ4n) is 1.41. The Bertz CT molecular complexity index is 99.6. The standard InChI is InChI=1S/C7H14NO.Na/c1-6-3-7(5-9)8(2)4-6;/h6-7,9H,1,3-5H2,2H3;/q-1;+1. The van der Waals surface area contributed by atoms with E-state index in [1.807, 2.05) is 7.05 Å². The Morgan fingerprint density at radius 1 is 1.70 bits per heavy atom. The molecule has 0 aliphatic carbocycles. The number of aliphatic hydroxyl groups is 1. The molecule has 0 aromatic heterocycles. The molecule has 0 saturated carbocycles. The summed E-state index contributed by atoms with van der Waals surface area (Å²) in [4.78, 5) is 2.16. The topological polar surface area (TPSA) is 23.5 Å². The van der Waals surface area contributed by atoms with Gasteiger partial charge in [0.05, 0.1) is 6.61 Å². The van der Waals surface area contributed by atoms with E-state index in [2.05, 4.69) is 11.8 Å². The van der Waals surface area contributed by atoms with E-state index in [0.29, 0.717) is 12.0 Å². The van der Waals surface area contributed by atoms with Crippen LogP contribution >= 0.6 is 0 Å². The second-order valence-electron chi connectivity index (χ2n) is 2.88. The zero-order valence-electron chi connectivity index (χ0n) is 6.88. The first-order valence-electron chi connectivity index (χ1n) is 3.38. The maximum absolute atomic E-state index is 8.78. The van der Waals surface area contributed by atoms with Gasteiger partial charge in [0.1, 0.15) is 0 Å². The predicted octanol–water partition coefficient (Wildman–Crippen LogP) is -2.86. The maximum Gasteiger partial charge on any atom is 1.00 e. The third-order valence-corrected chi connectivity index (χ3v) is 1.99. The molecule has 10 heavy (non-hydrogen) atoms. The number of aliphatic hydroxyl groups excluding tert-OH is 1. The van der Waals surface area contributed by atoms with Crippen LogP contribution < -0.4 is 29.6 Å². The Morgan fingerprint density at radius 2 is 2.30 bits per heavy atom. The van der Waals surface area contributed by atoms with Gasteiger partial charge in [-0.15, -0.1) is 0 Å². The first-order chi connectivity index (χ1) is 4.24. The Morgan fingerprint density at radius 3 is 2.50 bits per heavy atom. The Labute approximate surface area is 84.9 Å². The molecule has 3 heteroatoms. The van der Waals surface area contributed by atoms with Crippen LogP contribution in [0.3, 0.4) is 0 Å². The molecule has 1 fully saturated rings. The van der Waals surface area contributed by atoms with Gasteiger partial charge in [-0.3, -0.25) is 0 Å². The van der Waals surface area contributed by atoms with E-state index in [4.69, 9.17) is 5.11 Å². The summed E-state index contributed by atoms with van der Waals surface area (Å²) in [7, 11) is 2.03. The van der Waals surface area contributed by atoms with E-state index < -0.39 is 0 Å². The van der Waals surface area contributed by atoms with Gasteiger partial charge in [-0.25, -0.2) is 0 Å². The van der Waals surface area contributed by atoms with E-state index in [0.717, 1.165) is 13.0 Å². The summed E-state index contributed by atoms with van der Waals surface area (Å²) >= 11 is 0. The van der Waals surface area contributed by atoms with E-state index >= 15 is 0 Å². The molecule has 1 aliphatic heterocycles. The Hall–Kier alpha value is 0.920. The van der Waals surface area contributed by atoms with Crippen LogP contribution in [0.5, 0.6) is 0 Å². The number of likely N-dealkylation sites (N-methyl/N-ethyl adjacent to an activating group) is 1. The van der Waals surface area contributed by atoms with Crippen LogP contribution in [0.25, 0.3) is 0 Å². The van der Waals surface area contributed by atoms with Gasteiger partial charge in [-0.2, -0.15) is 5.92 Å². The van der Waals surface area contributed by atoms with Gasteiger partial charge in [-0.05, 0) is 13.6 Å². The van der Waals surface area contributed by atoms with Crippen LogP contribution in [0.4, 0.5) is 0 Å². The monoisotopic (exact) mass is 151 g/mol. The van der Waals surface area contributed by atoms with E-state index in [1.54, 1.807) is 0 Å². The van der Waals surface area contributed by atoms with Crippen LogP contribution in [-0.4, -0.2) is 36.2 Å². The molecule has 2 nitrogen and oxygen atoms in total. The molecule has 0 aromatic rings. The summed E-state index contributed by atoms with van der Waals surface area (Å²) in [5, 5.41) is 8.78. The first-order valence-corrected chi connectivity index (χ1v) is 3.38. The van der Waals surface area contributed by atoms with Crippen molar-refractivity contribution in [3.63, 3.8) is 0 Å². The van der Waals surface area contributed by atoms with E-state index in [9.17, 15) is 0 Å². The molecule has 1 aliphatic rings. The molecule has 0 radical (unpaired) electrons. The van der Waals surface area contributed by atoms with Crippen LogP contribution in [0.15, 0.2) is 0 Å². The third kappa shape index (κ3) is 2.51. The van der Waals surface area contributed by atoms with Crippen molar-refractivity contribution in [1.29, 1.82) is 0 Å². The summed E-state index contributed by atoms with van der Waals surface area (Å²) in [6.45, 7) is 5.25. The maximum atomic E-state index is 8.78. The summed E-state index contributed by atoms with van der Waals surface area (Å²) < 4.78 is 0. The van der Waals surface area contributed by atoms with Gasteiger partial charge in [0.25, 0.3) is 0 Å². The Balaban J connectivity index is 0.000000810. The fourth-order valence-corrected chi connectivity index (χ4v) is 1.41. The fraction of sp³-hybridized carbons (Fsp3) is 0.857. The molecular formula is C7H14NNaO. The van der Waals surface area contributed by atoms with Crippen molar-refractivity contribution in [2.24, 2.45) is 5.92 Å². The molecule has 1 saturated heterocycles. The quantitative estimate of drug-likeness (QED) is 0.322.